The van der Waals surface area contributed by atoms with Crippen LogP contribution in [0, 0.1) is 0 Å². The first-order valence-electron chi connectivity index (χ1n) is 8.38. The van der Waals surface area contributed by atoms with Crippen LogP contribution in [-0.2, 0) is 9.53 Å². The minimum absolute atomic E-state index is 0.158. The van der Waals surface area contributed by atoms with Crippen molar-refractivity contribution in [2.45, 2.75) is 37.1 Å². The van der Waals surface area contributed by atoms with Gasteiger partial charge in [-0.15, -0.1) is 0 Å². The van der Waals surface area contributed by atoms with Gasteiger partial charge in [-0.1, -0.05) is 0 Å². The fourth-order valence-corrected chi connectivity index (χ4v) is 2.88. The molecule has 1 saturated heterocycles. The zero-order chi connectivity index (χ0) is 16.6. The third-order valence-corrected chi connectivity index (χ3v) is 4.71. The molecule has 6 heteroatoms. The van der Waals surface area contributed by atoms with Gasteiger partial charge in [-0.2, -0.15) is 0 Å². The minimum Gasteiger partial charge on any atom is -0.440 e. The summed E-state index contributed by atoms with van der Waals surface area (Å²) in [5.41, 5.74) is 7.02. The van der Waals surface area contributed by atoms with Crippen molar-refractivity contribution in [3.05, 3.63) is 36.4 Å². The van der Waals surface area contributed by atoms with E-state index in [9.17, 15) is 4.79 Å². The Kier molecular flexibility index (Phi) is 3.86. The van der Waals surface area contributed by atoms with E-state index >= 15 is 0 Å². The fraction of sp³-hybridized carbons (Fsp3) is 0.444. The van der Waals surface area contributed by atoms with Crippen molar-refractivity contribution >= 4 is 11.6 Å². The number of aromatic nitrogens is 1. The Morgan fingerprint density at radius 2 is 1.92 bits per heavy atom. The number of anilines is 1. The summed E-state index contributed by atoms with van der Waals surface area (Å²) in [5.74, 6) is 1.92. The van der Waals surface area contributed by atoms with Crippen molar-refractivity contribution in [1.29, 1.82) is 0 Å². The highest BCUT2D eigenvalue weighted by atomic mass is 16.5. The number of hydrogen-bond donors (Lipinski definition) is 2. The number of carbonyl (C=O) groups excluding carboxylic acids is 1. The van der Waals surface area contributed by atoms with Crippen molar-refractivity contribution in [3.63, 3.8) is 0 Å². The van der Waals surface area contributed by atoms with E-state index in [-0.39, 0.29) is 5.91 Å². The van der Waals surface area contributed by atoms with Gasteiger partial charge in [0.05, 0.1) is 6.20 Å². The third kappa shape index (κ3) is 3.07. The van der Waals surface area contributed by atoms with Crippen molar-refractivity contribution in [2.24, 2.45) is 5.73 Å². The molecule has 1 aliphatic heterocycles. The van der Waals surface area contributed by atoms with E-state index < -0.39 is 5.54 Å². The topological polar surface area (TPSA) is 90.4 Å². The average Bonchev–Trinajstić information content (AvgIpc) is 3.33. The van der Waals surface area contributed by atoms with Crippen LogP contribution < -0.4 is 11.1 Å². The number of nitrogens with two attached hydrogens (primary N) is 1. The highest BCUT2D eigenvalue weighted by Crippen LogP contribution is 2.40. The van der Waals surface area contributed by atoms with Gasteiger partial charge in [0.2, 0.25) is 5.91 Å². The molecular weight excluding hydrogens is 306 g/mol. The van der Waals surface area contributed by atoms with Gasteiger partial charge in [0.1, 0.15) is 5.54 Å². The van der Waals surface area contributed by atoms with Gasteiger partial charge in [0.25, 0.3) is 0 Å². The smallest absolute Gasteiger partial charge is 0.244 e. The van der Waals surface area contributed by atoms with Crippen molar-refractivity contribution < 1.29 is 13.9 Å². The largest absolute Gasteiger partial charge is 0.440 e. The number of amides is 1. The first kappa shape index (κ1) is 15.4. The molecule has 1 aromatic carbocycles. The lowest BCUT2D eigenvalue weighted by atomic mass is 9.90. The number of nitrogens with zero attached hydrogens (tertiary/aromatic N) is 1. The Bertz CT molecular complexity index is 728. The normalized spacial score (nSPS) is 19.9. The van der Waals surface area contributed by atoms with E-state index in [1.807, 2.05) is 24.3 Å². The van der Waals surface area contributed by atoms with Gasteiger partial charge >= 0.3 is 0 Å². The summed E-state index contributed by atoms with van der Waals surface area (Å²) < 4.78 is 11.1. The van der Waals surface area contributed by atoms with Gasteiger partial charge < -0.3 is 20.2 Å². The van der Waals surface area contributed by atoms with Crippen LogP contribution in [0.5, 0.6) is 0 Å². The molecule has 1 saturated carbocycles. The van der Waals surface area contributed by atoms with E-state index in [4.69, 9.17) is 14.9 Å². The molecule has 0 bridgehead atoms. The van der Waals surface area contributed by atoms with Gasteiger partial charge in [0.15, 0.2) is 11.7 Å². The Morgan fingerprint density at radius 3 is 2.58 bits per heavy atom. The van der Waals surface area contributed by atoms with Gasteiger partial charge in [-0.05, 0) is 49.9 Å². The van der Waals surface area contributed by atoms with Crippen LogP contribution in [0.4, 0.5) is 5.69 Å². The maximum absolute atomic E-state index is 12.4. The van der Waals surface area contributed by atoms with E-state index in [2.05, 4.69) is 10.3 Å². The molecule has 2 aliphatic rings. The molecule has 0 atom stereocenters. The molecular formula is C18H21N3O3. The lowest BCUT2D eigenvalue weighted by Crippen LogP contribution is -2.54. The average molecular weight is 327 g/mol. The van der Waals surface area contributed by atoms with Crippen LogP contribution in [0.25, 0.3) is 11.3 Å². The minimum atomic E-state index is -0.846. The molecule has 24 heavy (non-hydrogen) atoms. The summed E-state index contributed by atoms with van der Waals surface area (Å²) in [4.78, 5) is 16.7. The Hall–Kier alpha value is -2.18. The molecule has 0 unspecified atom stereocenters. The zero-order valence-corrected chi connectivity index (χ0v) is 13.5. The first-order valence-corrected chi connectivity index (χ1v) is 8.38. The molecule has 0 radical (unpaired) electrons. The number of nitrogens with one attached hydrogen (secondary N) is 1. The summed E-state index contributed by atoms with van der Waals surface area (Å²) in [7, 11) is 0. The molecule has 2 aromatic rings. The monoisotopic (exact) mass is 327 g/mol. The SMILES string of the molecule is NC1(C(=O)Nc2ccc(-c3cnc(C4CC4)o3)cc2)CCOCC1. The van der Waals surface area contributed by atoms with Crippen LogP contribution in [0.15, 0.2) is 34.9 Å². The third-order valence-electron chi connectivity index (χ3n) is 4.71. The highest BCUT2D eigenvalue weighted by molar-refractivity contribution is 5.98. The van der Waals surface area contributed by atoms with Crippen molar-refractivity contribution in [3.8, 4) is 11.3 Å². The molecule has 3 N–H and O–H groups in total. The van der Waals surface area contributed by atoms with Crippen molar-refractivity contribution in [2.75, 3.05) is 18.5 Å². The number of rotatable bonds is 4. The van der Waals surface area contributed by atoms with E-state index in [1.54, 1.807) is 6.20 Å². The molecule has 4 rings (SSSR count). The van der Waals surface area contributed by atoms with E-state index in [0.717, 1.165) is 35.7 Å². The van der Waals surface area contributed by atoms with Gasteiger partial charge in [0, 0.05) is 30.4 Å². The van der Waals surface area contributed by atoms with Crippen LogP contribution in [0.2, 0.25) is 0 Å². The molecule has 2 heterocycles. The molecule has 2 fully saturated rings. The van der Waals surface area contributed by atoms with Crippen LogP contribution in [0.1, 0.15) is 37.5 Å². The molecule has 1 amide bonds. The van der Waals surface area contributed by atoms with Crippen LogP contribution in [0.3, 0.4) is 0 Å². The molecule has 0 spiro atoms. The van der Waals surface area contributed by atoms with Crippen molar-refractivity contribution in [1.82, 2.24) is 4.98 Å². The quantitative estimate of drug-likeness (QED) is 0.901. The number of carbonyl (C=O) groups is 1. The summed E-state index contributed by atoms with van der Waals surface area (Å²) in [6.07, 6.45) is 5.17. The number of benzene rings is 1. The molecule has 1 aliphatic carbocycles. The summed E-state index contributed by atoms with van der Waals surface area (Å²) in [6, 6.07) is 7.55. The molecule has 1 aromatic heterocycles. The number of oxazole rings is 1. The Balaban J connectivity index is 1.44. The number of ether oxygens (including phenoxy) is 1. The fourth-order valence-electron chi connectivity index (χ4n) is 2.88. The maximum Gasteiger partial charge on any atom is 0.244 e. The zero-order valence-electron chi connectivity index (χ0n) is 13.5. The standard InChI is InChI=1S/C18H21N3O3/c19-18(7-9-23-10-8-18)17(22)21-14-5-3-12(4-6-14)15-11-20-16(24-15)13-1-2-13/h3-6,11,13H,1-2,7-10,19H2,(H,21,22). The summed E-state index contributed by atoms with van der Waals surface area (Å²) >= 11 is 0. The number of hydrogen-bond acceptors (Lipinski definition) is 5. The maximum atomic E-state index is 12.4. The predicted molar refractivity (Wildman–Crippen MR) is 89.5 cm³/mol. The lowest BCUT2D eigenvalue weighted by molar-refractivity contribution is -0.124. The second-order valence-electron chi connectivity index (χ2n) is 6.64. The van der Waals surface area contributed by atoms with E-state index in [1.165, 1.54) is 0 Å². The first-order chi connectivity index (χ1) is 11.6. The summed E-state index contributed by atoms with van der Waals surface area (Å²) in [5, 5.41) is 2.90. The Morgan fingerprint density at radius 1 is 1.21 bits per heavy atom. The van der Waals surface area contributed by atoms with Crippen LogP contribution in [-0.4, -0.2) is 29.6 Å². The second kappa shape index (κ2) is 6.03. The van der Waals surface area contributed by atoms with Gasteiger partial charge in [-0.25, -0.2) is 4.98 Å². The second-order valence-corrected chi connectivity index (χ2v) is 6.64. The highest BCUT2D eigenvalue weighted by Gasteiger charge is 2.35. The summed E-state index contributed by atoms with van der Waals surface area (Å²) in [6.45, 7) is 1.05. The lowest BCUT2D eigenvalue weighted by Gasteiger charge is -2.31. The molecule has 126 valence electrons. The van der Waals surface area contributed by atoms with E-state index in [0.29, 0.717) is 32.0 Å². The predicted octanol–water partition coefficient (Wildman–Crippen LogP) is 2.67. The van der Waals surface area contributed by atoms with Gasteiger partial charge in [-0.3, -0.25) is 4.79 Å². The van der Waals surface area contributed by atoms with Crippen LogP contribution >= 0.6 is 0 Å². The molecule has 6 nitrogen and oxygen atoms in total. The Labute approximate surface area is 140 Å².